The highest BCUT2D eigenvalue weighted by Gasteiger charge is 2.12. The first-order valence-electron chi connectivity index (χ1n) is 6.73. The van der Waals surface area contributed by atoms with Crippen molar-refractivity contribution in [3.8, 4) is 0 Å². The maximum atomic E-state index is 11.6. The van der Waals surface area contributed by atoms with Crippen molar-refractivity contribution in [3.63, 3.8) is 0 Å². The van der Waals surface area contributed by atoms with E-state index in [0.717, 1.165) is 21.8 Å². The molecule has 1 unspecified atom stereocenters. The molecule has 1 N–H and O–H groups in total. The number of benzene rings is 2. The molecule has 0 aliphatic carbocycles. The Morgan fingerprint density at radius 1 is 1.24 bits per heavy atom. The summed E-state index contributed by atoms with van der Waals surface area (Å²) in [5.74, 6) is -0.344. The van der Waals surface area contributed by atoms with Crippen molar-refractivity contribution in [3.05, 3.63) is 64.2 Å². The Bertz CT molecular complexity index is 655. The van der Waals surface area contributed by atoms with Crippen molar-refractivity contribution in [2.45, 2.75) is 19.9 Å². The lowest BCUT2D eigenvalue weighted by Crippen LogP contribution is -2.10. The molecule has 0 fully saturated rings. The molecular weight excluding hydrogens is 286 g/mol. The summed E-state index contributed by atoms with van der Waals surface area (Å²) in [4.78, 5) is 11.6. The van der Waals surface area contributed by atoms with Gasteiger partial charge in [-0.1, -0.05) is 35.9 Å². The molecule has 1 atom stereocenters. The van der Waals surface area contributed by atoms with Gasteiger partial charge in [-0.2, -0.15) is 0 Å². The summed E-state index contributed by atoms with van der Waals surface area (Å²) in [6.07, 6.45) is 0. The molecule has 0 saturated heterocycles. The van der Waals surface area contributed by atoms with Crippen LogP contribution in [0, 0.1) is 6.92 Å². The zero-order chi connectivity index (χ0) is 15.4. The molecule has 0 bridgehead atoms. The number of nitrogens with one attached hydrogen (secondary N) is 1. The average molecular weight is 304 g/mol. The zero-order valence-electron chi connectivity index (χ0n) is 12.3. The molecule has 0 heterocycles. The minimum atomic E-state index is -0.344. The number of methoxy groups -OCH3 is 1. The number of carbonyl (C=O) groups is 1. The molecule has 2 aromatic rings. The second-order valence-electron chi connectivity index (χ2n) is 4.91. The number of ether oxygens (including phenoxy) is 1. The van der Waals surface area contributed by atoms with Crippen LogP contribution in [0.4, 0.5) is 5.69 Å². The van der Waals surface area contributed by atoms with Gasteiger partial charge in [0.25, 0.3) is 0 Å². The Hall–Kier alpha value is -2.00. The van der Waals surface area contributed by atoms with Crippen molar-refractivity contribution in [2.24, 2.45) is 0 Å². The van der Waals surface area contributed by atoms with E-state index in [1.54, 1.807) is 12.1 Å². The highest BCUT2D eigenvalue weighted by molar-refractivity contribution is 6.31. The van der Waals surface area contributed by atoms with Crippen LogP contribution in [0.3, 0.4) is 0 Å². The Morgan fingerprint density at radius 3 is 2.62 bits per heavy atom. The summed E-state index contributed by atoms with van der Waals surface area (Å²) < 4.78 is 4.75. The van der Waals surface area contributed by atoms with Gasteiger partial charge in [0.2, 0.25) is 0 Å². The predicted octanol–water partition coefficient (Wildman–Crippen LogP) is 4.61. The van der Waals surface area contributed by atoms with E-state index in [9.17, 15) is 4.79 Å². The maximum absolute atomic E-state index is 11.6. The monoisotopic (exact) mass is 303 g/mol. The van der Waals surface area contributed by atoms with E-state index >= 15 is 0 Å². The molecule has 0 saturated carbocycles. The SMILES string of the molecule is COC(=O)c1ccc(C)c(NC(C)c2ccccc2Cl)c1. The second kappa shape index (κ2) is 6.64. The van der Waals surface area contributed by atoms with E-state index < -0.39 is 0 Å². The van der Waals surface area contributed by atoms with E-state index in [2.05, 4.69) is 5.32 Å². The standard InChI is InChI=1S/C17H18ClNO2/c1-11-8-9-13(17(20)21-3)10-16(11)19-12(2)14-6-4-5-7-15(14)18/h4-10,12,19H,1-3H3. The van der Waals surface area contributed by atoms with E-state index in [4.69, 9.17) is 16.3 Å². The van der Waals surface area contributed by atoms with Gasteiger partial charge in [-0.05, 0) is 43.2 Å². The number of halogens is 1. The quantitative estimate of drug-likeness (QED) is 0.838. The number of rotatable bonds is 4. The second-order valence-corrected chi connectivity index (χ2v) is 5.32. The fraction of sp³-hybridized carbons (Fsp3) is 0.235. The van der Waals surface area contributed by atoms with Gasteiger partial charge in [-0.3, -0.25) is 0 Å². The van der Waals surface area contributed by atoms with Crippen LogP contribution in [0.2, 0.25) is 5.02 Å². The predicted molar refractivity (Wildman–Crippen MR) is 86.0 cm³/mol. The van der Waals surface area contributed by atoms with Crippen LogP contribution in [-0.4, -0.2) is 13.1 Å². The largest absolute Gasteiger partial charge is 0.465 e. The molecule has 0 amide bonds. The Kier molecular flexibility index (Phi) is 4.86. The van der Waals surface area contributed by atoms with Gasteiger partial charge in [0, 0.05) is 16.8 Å². The number of esters is 1. The average Bonchev–Trinajstić information content (AvgIpc) is 2.49. The van der Waals surface area contributed by atoms with Crippen molar-refractivity contribution in [2.75, 3.05) is 12.4 Å². The molecule has 4 heteroatoms. The van der Waals surface area contributed by atoms with Crippen molar-refractivity contribution < 1.29 is 9.53 Å². The van der Waals surface area contributed by atoms with Crippen LogP contribution in [0.1, 0.15) is 34.5 Å². The van der Waals surface area contributed by atoms with E-state index in [0.29, 0.717) is 5.56 Å². The fourth-order valence-electron chi connectivity index (χ4n) is 2.16. The molecular formula is C17H18ClNO2. The first kappa shape index (κ1) is 15.4. The Labute approximate surface area is 129 Å². The summed E-state index contributed by atoms with van der Waals surface area (Å²) in [7, 11) is 1.38. The number of aryl methyl sites for hydroxylation is 1. The number of carbonyl (C=O) groups excluding carboxylic acids is 1. The summed E-state index contributed by atoms with van der Waals surface area (Å²) in [5.41, 5.74) is 3.49. The molecule has 0 aliphatic rings. The molecule has 110 valence electrons. The van der Waals surface area contributed by atoms with Crippen molar-refractivity contribution >= 4 is 23.3 Å². The third kappa shape index (κ3) is 3.56. The number of hydrogen-bond donors (Lipinski definition) is 1. The van der Waals surface area contributed by atoms with Gasteiger partial charge in [-0.25, -0.2) is 4.79 Å². The highest BCUT2D eigenvalue weighted by Crippen LogP contribution is 2.27. The highest BCUT2D eigenvalue weighted by atomic mass is 35.5. The van der Waals surface area contributed by atoms with Crippen LogP contribution in [-0.2, 0) is 4.74 Å². The minimum absolute atomic E-state index is 0.0327. The van der Waals surface area contributed by atoms with Gasteiger partial charge < -0.3 is 10.1 Å². The van der Waals surface area contributed by atoms with Crippen LogP contribution < -0.4 is 5.32 Å². The van der Waals surface area contributed by atoms with Gasteiger partial charge >= 0.3 is 5.97 Å². The molecule has 2 aromatic carbocycles. The third-order valence-electron chi connectivity index (χ3n) is 3.40. The Morgan fingerprint density at radius 2 is 1.95 bits per heavy atom. The topological polar surface area (TPSA) is 38.3 Å². The smallest absolute Gasteiger partial charge is 0.337 e. The van der Waals surface area contributed by atoms with Gasteiger partial charge in [0.15, 0.2) is 0 Å². The van der Waals surface area contributed by atoms with E-state index in [1.807, 2.05) is 44.2 Å². The van der Waals surface area contributed by atoms with Gasteiger partial charge in [-0.15, -0.1) is 0 Å². The fourth-order valence-corrected chi connectivity index (χ4v) is 2.46. The zero-order valence-corrected chi connectivity index (χ0v) is 13.1. The lowest BCUT2D eigenvalue weighted by atomic mass is 10.1. The summed E-state index contributed by atoms with van der Waals surface area (Å²) in [6, 6.07) is 13.2. The normalized spacial score (nSPS) is 11.8. The summed E-state index contributed by atoms with van der Waals surface area (Å²) >= 11 is 6.22. The first-order valence-corrected chi connectivity index (χ1v) is 7.10. The van der Waals surface area contributed by atoms with Gasteiger partial charge in [0.05, 0.1) is 12.7 Å². The molecule has 0 aliphatic heterocycles. The molecule has 0 radical (unpaired) electrons. The van der Waals surface area contributed by atoms with Gasteiger partial charge in [0.1, 0.15) is 0 Å². The molecule has 3 nitrogen and oxygen atoms in total. The summed E-state index contributed by atoms with van der Waals surface area (Å²) in [6.45, 7) is 4.02. The van der Waals surface area contributed by atoms with Crippen LogP contribution in [0.15, 0.2) is 42.5 Å². The molecule has 0 aromatic heterocycles. The number of hydrogen-bond acceptors (Lipinski definition) is 3. The third-order valence-corrected chi connectivity index (χ3v) is 3.75. The number of anilines is 1. The van der Waals surface area contributed by atoms with Crippen molar-refractivity contribution in [1.82, 2.24) is 0 Å². The van der Waals surface area contributed by atoms with Crippen LogP contribution >= 0.6 is 11.6 Å². The van der Waals surface area contributed by atoms with E-state index in [-0.39, 0.29) is 12.0 Å². The molecule has 2 rings (SSSR count). The van der Waals surface area contributed by atoms with Crippen molar-refractivity contribution in [1.29, 1.82) is 0 Å². The van der Waals surface area contributed by atoms with Crippen LogP contribution in [0.25, 0.3) is 0 Å². The van der Waals surface area contributed by atoms with E-state index in [1.165, 1.54) is 7.11 Å². The first-order chi connectivity index (χ1) is 10.0. The minimum Gasteiger partial charge on any atom is -0.465 e. The summed E-state index contributed by atoms with van der Waals surface area (Å²) in [5, 5.41) is 4.12. The molecule has 0 spiro atoms. The molecule has 21 heavy (non-hydrogen) atoms. The van der Waals surface area contributed by atoms with Crippen LogP contribution in [0.5, 0.6) is 0 Å². The Balaban J connectivity index is 2.27. The maximum Gasteiger partial charge on any atom is 0.337 e. The lowest BCUT2D eigenvalue weighted by Gasteiger charge is -2.19. The lowest BCUT2D eigenvalue weighted by molar-refractivity contribution is 0.0601.